The molecule has 0 saturated heterocycles. The number of aromatic amines is 1. The van der Waals surface area contributed by atoms with E-state index in [1.807, 2.05) is 0 Å². The molecule has 0 aliphatic carbocycles. The van der Waals surface area contributed by atoms with Gasteiger partial charge in [-0.15, -0.1) is 0 Å². The fourth-order valence-electron chi connectivity index (χ4n) is 2.98. The van der Waals surface area contributed by atoms with Crippen molar-refractivity contribution in [3.63, 3.8) is 0 Å². The van der Waals surface area contributed by atoms with Gasteiger partial charge in [0.15, 0.2) is 11.9 Å². The Kier molecular flexibility index (Phi) is 7.34. The van der Waals surface area contributed by atoms with Crippen LogP contribution in [-0.4, -0.2) is 51.0 Å². The molecule has 0 aliphatic rings. The van der Waals surface area contributed by atoms with E-state index in [2.05, 4.69) is 4.98 Å². The van der Waals surface area contributed by atoms with E-state index in [1.165, 1.54) is 29.3 Å². The van der Waals surface area contributed by atoms with Crippen LogP contribution < -0.4 is 4.87 Å². The fourth-order valence-corrected chi connectivity index (χ4v) is 3.76. The van der Waals surface area contributed by atoms with Crippen molar-refractivity contribution in [3.05, 3.63) is 79.6 Å². The largest absolute Gasteiger partial charge is 0.479 e. The third-order valence-corrected chi connectivity index (χ3v) is 5.59. The molecule has 31 heavy (non-hydrogen) atoms. The highest BCUT2D eigenvalue weighted by Gasteiger charge is 2.21. The lowest BCUT2D eigenvalue weighted by atomic mass is 10.0. The topological polar surface area (TPSA) is 111 Å². The molecule has 2 aromatic carbocycles. The predicted octanol–water partition coefficient (Wildman–Crippen LogP) is 3.03. The monoisotopic (exact) mass is 464 g/mol. The summed E-state index contributed by atoms with van der Waals surface area (Å²) in [5.41, 5.74) is 1.67. The highest BCUT2D eigenvalue weighted by molar-refractivity contribution is 7.11. The van der Waals surface area contributed by atoms with Gasteiger partial charge in [-0.3, -0.25) is 14.5 Å². The molecule has 0 fully saturated rings. The van der Waals surface area contributed by atoms with Gasteiger partial charge in [-0.1, -0.05) is 47.2 Å². The van der Waals surface area contributed by atoms with Gasteiger partial charge in [-0.25, -0.2) is 9.18 Å². The molecule has 0 amide bonds. The second-order valence-electron chi connectivity index (χ2n) is 6.81. The molecule has 1 heterocycles. The molecule has 0 bridgehead atoms. The lowest BCUT2D eigenvalue weighted by molar-refractivity contribution is -0.147. The summed E-state index contributed by atoms with van der Waals surface area (Å²) in [7, 11) is 0. The molecular weight excluding hydrogens is 447 g/mol. The maximum Gasteiger partial charge on any atom is 0.333 e. The Morgan fingerprint density at radius 2 is 1.90 bits per heavy atom. The average Bonchev–Trinajstić information content (AvgIpc) is 3.17. The molecule has 7 nitrogen and oxygen atoms in total. The second kappa shape index (κ2) is 9.97. The van der Waals surface area contributed by atoms with Crippen molar-refractivity contribution in [2.75, 3.05) is 13.1 Å². The summed E-state index contributed by atoms with van der Waals surface area (Å²) in [5.74, 6) is -2.20. The number of carboxylic acid groups (broad SMARTS) is 1. The number of carbonyl (C=O) groups is 2. The van der Waals surface area contributed by atoms with Gasteiger partial charge in [-0.2, -0.15) is 0 Å². The van der Waals surface area contributed by atoms with Crippen molar-refractivity contribution >= 4 is 34.7 Å². The van der Waals surface area contributed by atoms with Crippen LogP contribution in [0.4, 0.5) is 4.39 Å². The molecule has 0 aliphatic heterocycles. The minimum absolute atomic E-state index is 0.160. The number of nitrogens with one attached hydrogen (secondary N) is 1. The van der Waals surface area contributed by atoms with E-state index in [0.29, 0.717) is 16.1 Å². The van der Waals surface area contributed by atoms with Crippen molar-refractivity contribution in [3.8, 4) is 11.1 Å². The molecule has 3 aromatic rings. The number of carboxylic acids is 1. The fraction of sp³-hybridized carbons (Fsp3) is 0.190. The number of rotatable bonds is 9. The molecular formula is C21H18ClFN2O5S. The average molecular weight is 465 g/mol. The molecule has 3 rings (SSSR count). The van der Waals surface area contributed by atoms with Crippen molar-refractivity contribution in [1.29, 1.82) is 0 Å². The van der Waals surface area contributed by atoms with E-state index < -0.39 is 17.9 Å². The maximum atomic E-state index is 14.1. The number of halogens is 2. The summed E-state index contributed by atoms with van der Waals surface area (Å²) in [4.78, 5) is 38.5. The molecule has 3 N–H and O–H groups in total. The number of hydrogen-bond acceptors (Lipinski definition) is 6. The number of hydrogen-bond donors (Lipinski definition) is 3. The van der Waals surface area contributed by atoms with E-state index >= 15 is 0 Å². The van der Waals surface area contributed by atoms with E-state index in [1.54, 1.807) is 24.3 Å². The first kappa shape index (κ1) is 22.8. The molecule has 0 spiro atoms. The minimum atomic E-state index is -1.68. The van der Waals surface area contributed by atoms with Gasteiger partial charge in [0.1, 0.15) is 5.82 Å². The molecule has 162 valence electrons. The Morgan fingerprint density at radius 3 is 2.52 bits per heavy atom. The van der Waals surface area contributed by atoms with E-state index in [0.717, 1.165) is 16.9 Å². The van der Waals surface area contributed by atoms with Gasteiger partial charge in [0.25, 0.3) is 0 Å². The molecule has 1 aromatic heterocycles. The summed E-state index contributed by atoms with van der Waals surface area (Å²) in [6.45, 7) is -0.318. The van der Waals surface area contributed by atoms with Crippen LogP contribution in [0.3, 0.4) is 0 Å². The van der Waals surface area contributed by atoms with Crippen LogP contribution in [0.1, 0.15) is 15.2 Å². The van der Waals surface area contributed by atoms with Crippen molar-refractivity contribution in [2.45, 2.75) is 12.6 Å². The number of aromatic nitrogens is 1. The number of benzene rings is 2. The van der Waals surface area contributed by atoms with Crippen LogP contribution in [0, 0.1) is 5.82 Å². The zero-order valence-corrected chi connectivity index (χ0v) is 17.6. The van der Waals surface area contributed by atoms with Crippen LogP contribution in [0.2, 0.25) is 5.02 Å². The number of ketones is 1. The van der Waals surface area contributed by atoms with Crippen molar-refractivity contribution < 1.29 is 24.2 Å². The zero-order valence-electron chi connectivity index (χ0n) is 16.0. The van der Waals surface area contributed by atoms with Crippen LogP contribution >= 0.6 is 22.9 Å². The molecule has 0 saturated carbocycles. The number of H-pyrrole nitrogens is 1. The highest BCUT2D eigenvalue weighted by Crippen LogP contribution is 2.26. The summed E-state index contributed by atoms with van der Waals surface area (Å²) < 4.78 is 14.1. The van der Waals surface area contributed by atoms with Gasteiger partial charge in [0, 0.05) is 29.9 Å². The van der Waals surface area contributed by atoms with Gasteiger partial charge in [0.05, 0.1) is 11.4 Å². The number of aliphatic hydroxyl groups excluding tert-OH is 1. The van der Waals surface area contributed by atoms with Crippen LogP contribution in [-0.2, 0) is 11.3 Å². The van der Waals surface area contributed by atoms with Gasteiger partial charge >= 0.3 is 10.8 Å². The zero-order chi connectivity index (χ0) is 22.5. The Balaban J connectivity index is 1.78. The first-order valence-electron chi connectivity index (χ1n) is 9.12. The quantitative estimate of drug-likeness (QED) is 0.420. The Hall–Kier alpha value is -2.85. The molecule has 10 heteroatoms. The Labute approximate surface area is 185 Å². The summed E-state index contributed by atoms with van der Waals surface area (Å²) in [6, 6.07) is 11.1. The number of aliphatic hydroxyl groups is 1. The van der Waals surface area contributed by atoms with Crippen molar-refractivity contribution in [2.24, 2.45) is 0 Å². The SMILES string of the molecule is O=C(CN(Cc1ccc(-c2cc(Cl)ccc2F)cc1)C[C@@H](O)C(=O)O)c1c[nH]c(=O)s1. The smallest absolute Gasteiger partial charge is 0.333 e. The Morgan fingerprint density at radius 1 is 1.19 bits per heavy atom. The Bertz CT molecular complexity index is 1150. The minimum Gasteiger partial charge on any atom is -0.479 e. The molecule has 1 atom stereocenters. The number of Topliss-reactive ketones (excluding diaryl/α,β-unsaturated/α-hetero) is 1. The van der Waals surface area contributed by atoms with Crippen LogP contribution in [0.25, 0.3) is 11.1 Å². The number of thiazole rings is 1. The number of nitrogens with zero attached hydrogens (tertiary/aromatic N) is 1. The van der Waals surface area contributed by atoms with Crippen molar-refractivity contribution in [1.82, 2.24) is 9.88 Å². The number of aliphatic carboxylic acids is 1. The first-order chi connectivity index (χ1) is 14.7. The molecule has 0 radical (unpaired) electrons. The van der Waals surface area contributed by atoms with E-state index in [9.17, 15) is 23.9 Å². The van der Waals surface area contributed by atoms with Crippen LogP contribution in [0.5, 0.6) is 0 Å². The third-order valence-electron chi connectivity index (χ3n) is 4.48. The first-order valence-corrected chi connectivity index (χ1v) is 10.3. The van der Waals surface area contributed by atoms with Gasteiger partial charge in [-0.05, 0) is 29.3 Å². The summed E-state index contributed by atoms with van der Waals surface area (Å²) in [5, 5.41) is 19.2. The lowest BCUT2D eigenvalue weighted by Gasteiger charge is -2.23. The molecule has 0 unspecified atom stereocenters. The highest BCUT2D eigenvalue weighted by atomic mass is 35.5. The van der Waals surface area contributed by atoms with E-state index in [-0.39, 0.29) is 35.2 Å². The summed E-state index contributed by atoms with van der Waals surface area (Å²) >= 11 is 6.70. The van der Waals surface area contributed by atoms with E-state index in [4.69, 9.17) is 16.7 Å². The lowest BCUT2D eigenvalue weighted by Crippen LogP contribution is -2.39. The second-order valence-corrected chi connectivity index (χ2v) is 8.26. The number of carbonyl (C=O) groups excluding carboxylic acids is 1. The van der Waals surface area contributed by atoms with Gasteiger partial charge < -0.3 is 15.2 Å². The van der Waals surface area contributed by atoms with Crippen LogP contribution in [0.15, 0.2) is 53.5 Å². The summed E-state index contributed by atoms with van der Waals surface area (Å²) in [6.07, 6.45) is -0.382. The maximum absolute atomic E-state index is 14.1. The normalized spacial score (nSPS) is 12.1. The van der Waals surface area contributed by atoms with Gasteiger partial charge in [0.2, 0.25) is 0 Å². The predicted molar refractivity (Wildman–Crippen MR) is 115 cm³/mol. The standard InChI is InChI=1S/C21H18ClFN2O5S/c22-14-5-6-16(23)15(7-14)13-3-1-12(2-4-13)9-25(11-18(27)20(28)29)10-17(26)19-8-24-21(30)31-19/h1-8,18,27H,9-11H2,(H,24,30)(H,28,29)/t18-/m1/s1. The third kappa shape index (κ3) is 6.08.